The first kappa shape index (κ1) is 14.4. The molecule has 0 radical (unpaired) electrons. The van der Waals surface area contributed by atoms with E-state index in [4.69, 9.17) is 0 Å². The lowest BCUT2D eigenvalue weighted by Gasteiger charge is -2.18. The number of aromatic nitrogens is 2. The first-order chi connectivity index (χ1) is 8.71. The molecule has 1 heterocycles. The van der Waals surface area contributed by atoms with Crippen LogP contribution in [0.2, 0.25) is 0 Å². The minimum Gasteiger partial charge on any atom is -0.361 e. The fourth-order valence-corrected chi connectivity index (χ4v) is 1.74. The third-order valence-corrected chi connectivity index (χ3v) is 2.77. The zero-order valence-electron chi connectivity index (χ0n) is 11.4. The first-order valence-corrected chi connectivity index (χ1v) is 6.53. The van der Waals surface area contributed by atoms with Gasteiger partial charge < -0.3 is 10.2 Å². The van der Waals surface area contributed by atoms with E-state index in [2.05, 4.69) is 22.2 Å². The number of rotatable bonds is 7. The van der Waals surface area contributed by atoms with Gasteiger partial charge in [-0.05, 0) is 20.3 Å². The van der Waals surface area contributed by atoms with Gasteiger partial charge in [-0.1, -0.05) is 13.3 Å². The van der Waals surface area contributed by atoms with Crippen LogP contribution in [0.25, 0.3) is 0 Å². The van der Waals surface area contributed by atoms with Crippen LogP contribution >= 0.6 is 0 Å². The molecule has 1 aromatic rings. The Morgan fingerprint density at radius 1 is 1.28 bits per heavy atom. The summed E-state index contributed by atoms with van der Waals surface area (Å²) in [4.78, 5) is 21.9. The van der Waals surface area contributed by atoms with Crippen LogP contribution in [0.3, 0.4) is 0 Å². The molecule has 0 aliphatic carbocycles. The lowest BCUT2D eigenvalue weighted by Crippen LogP contribution is -2.35. The zero-order chi connectivity index (χ0) is 13.4. The van der Waals surface area contributed by atoms with Gasteiger partial charge in [0, 0.05) is 24.8 Å². The molecule has 18 heavy (non-hydrogen) atoms. The highest BCUT2D eigenvalue weighted by Gasteiger charge is 2.09. The molecule has 100 valence electrons. The van der Waals surface area contributed by atoms with E-state index in [9.17, 15) is 4.79 Å². The Bertz CT molecular complexity index is 377. The molecule has 0 aliphatic rings. The van der Waals surface area contributed by atoms with Crippen LogP contribution < -0.4 is 5.32 Å². The van der Waals surface area contributed by atoms with E-state index in [1.54, 1.807) is 4.90 Å². The maximum atomic E-state index is 11.8. The summed E-state index contributed by atoms with van der Waals surface area (Å²) in [5, 5.41) is 3.05. The van der Waals surface area contributed by atoms with Gasteiger partial charge in [0.2, 0.25) is 5.91 Å². The molecular formula is C13H22N4O. The maximum Gasteiger partial charge on any atom is 0.241 e. The Morgan fingerprint density at radius 2 is 2.00 bits per heavy atom. The lowest BCUT2D eigenvalue weighted by atomic mass is 10.2. The Hall–Kier alpha value is -1.65. The van der Waals surface area contributed by atoms with Gasteiger partial charge >= 0.3 is 0 Å². The van der Waals surface area contributed by atoms with Gasteiger partial charge in [-0.15, -0.1) is 0 Å². The summed E-state index contributed by atoms with van der Waals surface area (Å²) in [5.41, 5.74) is 1.00. The number of anilines is 1. The van der Waals surface area contributed by atoms with Crippen molar-refractivity contribution in [3.63, 3.8) is 0 Å². The summed E-state index contributed by atoms with van der Waals surface area (Å²) in [7, 11) is 0. The highest BCUT2D eigenvalue weighted by atomic mass is 16.2. The number of nitrogens with one attached hydrogen (secondary N) is 1. The number of hydrogen-bond acceptors (Lipinski definition) is 4. The van der Waals surface area contributed by atoms with Crippen molar-refractivity contribution >= 4 is 11.7 Å². The number of likely N-dealkylation sites (N-methyl/N-ethyl adjacent to an activating group) is 1. The molecule has 0 unspecified atom stereocenters. The molecule has 0 spiro atoms. The van der Waals surface area contributed by atoms with Crippen molar-refractivity contribution in [3.8, 4) is 0 Å². The van der Waals surface area contributed by atoms with E-state index >= 15 is 0 Å². The minimum atomic E-state index is 0.0932. The number of nitrogens with zero attached hydrogens (tertiary/aromatic N) is 3. The molecular weight excluding hydrogens is 228 g/mol. The molecule has 5 nitrogen and oxygen atoms in total. The van der Waals surface area contributed by atoms with Crippen LogP contribution in [0.1, 0.15) is 32.9 Å². The van der Waals surface area contributed by atoms with Gasteiger partial charge in [-0.25, -0.2) is 9.97 Å². The second kappa shape index (κ2) is 7.63. The smallest absolute Gasteiger partial charge is 0.241 e. The number of carbonyl (C=O) groups is 1. The summed E-state index contributed by atoms with van der Waals surface area (Å²) in [5.74, 6) is 0.810. The highest BCUT2D eigenvalue weighted by Crippen LogP contribution is 2.05. The van der Waals surface area contributed by atoms with E-state index < -0.39 is 0 Å². The molecule has 0 aromatic carbocycles. The quantitative estimate of drug-likeness (QED) is 0.800. The van der Waals surface area contributed by atoms with Crippen LogP contribution in [0.15, 0.2) is 12.4 Å². The summed E-state index contributed by atoms with van der Waals surface area (Å²) < 4.78 is 0. The Kier molecular flexibility index (Phi) is 6.11. The summed E-state index contributed by atoms with van der Waals surface area (Å²) in [6.07, 6.45) is 3.52. The Morgan fingerprint density at radius 3 is 2.61 bits per heavy atom. The van der Waals surface area contributed by atoms with E-state index in [1.807, 2.05) is 19.9 Å². The number of hydrogen-bond donors (Lipinski definition) is 1. The summed E-state index contributed by atoms with van der Waals surface area (Å²) >= 11 is 0. The normalized spacial score (nSPS) is 10.2. The van der Waals surface area contributed by atoms with Gasteiger partial charge in [0.05, 0.1) is 6.54 Å². The van der Waals surface area contributed by atoms with E-state index in [-0.39, 0.29) is 12.5 Å². The van der Waals surface area contributed by atoms with Crippen LogP contribution in [0.5, 0.6) is 0 Å². The molecule has 1 N–H and O–H groups in total. The van der Waals surface area contributed by atoms with E-state index in [0.717, 1.165) is 31.6 Å². The molecule has 0 saturated heterocycles. The molecule has 0 saturated carbocycles. The van der Waals surface area contributed by atoms with Crippen molar-refractivity contribution in [2.24, 2.45) is 0 Å². The lowest BCUT2D eigenvalue weighted by molar-refractivity contribution is -0.128. The van der Waals surface area contributed by atoms with Crippen molar-refractivity contribution < 1.29 is 4.79 Å². The van der Waals surface area contributed by atoms with Crippen molar-refractivity contribution in [2.75, 3.05) is 25.0 Å². The summed E-state index contributed by atoms with van der Waals surface area (Å²) in [6, 6.07) is 1.90. The van der Waals surface area contributed by atoms with Crippen LogP contribution in [0, 0.1) is 0 Å². The van der Waals surface area contributed by atoms with E-state index in [0.29, 0.717) is 5.82 Å². The highest BCUT2D eigenvalue weighted by molar-refractivity contribution is 5.80. The Balaban J connectivity index is 2.52. The standard InChI is InChI=1S/C13H22N4O/c1-4-7-11-8-12(16-10-15-11)14-9-13(18)17(5-2)6-3/h8,10H,4-7,9H2,1-3H3,(H,14,15,16). The molecule has 1 amide bonds. The van der Waals surface area contributed by atoms with Crippen molar-refractivity contribution in [3.05, 3.63) is 18.1 Å². The molecule has 5 heteroatoms. The van der Waals surface area contributed by atoms with Crippen molar-refractivity contribution in [1.29, 1.82) is 0 Å². The van der Waals surface area contributed by atoms with Gasteiger partial charge in [0.15, 0.2) is 0 Å². The largest absolute Gasteiger partial charge is 0.361 e. The molecule has 1 rings (SSSR count). The van der Waals surface area contributed by atoms with Gasteiger partial charge in [0.25, 0.3) is 0 Å². The van der Waals surface area contributed by atoms with Gasteiger partial charge in [-0.2, -0.15) is 0 Å². The fraction of sp³-hybridized carbons (Fsp3) is 0.615. The third kappa shape index (κ3) is 4.31. The molecule has 0 fully saturated rings. The monoisotopic (exact) mass is 250 g/mol. The van der Waals surface area contributed by atoms with Gasteiger partial charge in [0.1, 0.15) is 12.1 Å². The number of carbonyl (C=O) groups excluding carboxylic acids is 1. The zero-order valence-corrected chi connectivity index (χ0v) is 11.4. The topological polar surface area (TPSA) is 58.1 Å². The minimum absolute atomic E-state index is 0.0932. The van der Waals surface area contributed by atoms with Crippen LogP contribution in [-0.4, -0.2) is 40.4 Å². The molecule has 0 atom stereocenters. The average Bonchev–Trinajstić information content (AvgIpc) is 2.39. The SMILES string of the molecule is CCCc1cc(NCC(=O)N(CC)CC)ncn1. The van der Waals surface area contributed by atoms with Crippen LogP contribution in [-0.2, 0) is 11.2 Å². The average molecular weight is 250 g/mol. The summed E-state index contributed by atoms with van der Waals surface area (Å²) in [6.45, 7) is 7.82. The molecule has 0 bridgehead atoms. The fourth-order valence-electron chi connectivity index (χ4n) is 1.74. The van der Waals surface area contributed by atoms with E-state index in [1.165, 1.54) is 6.33 Å². The molecule has 0 aliphatic heterocycles. The van der Waals surface area contributed by atoms with Crippen LogP contribution in [0.4, 0.5) is 5.82 Å². The maximum absolute atomic E-state index is 11.8. The first-order valence-electron chi connectivity index (χ1n) is 6.53. The predicted octanol–water partition coefficient (Wildman–Crippen LogP) is 1.71. The second-order valence-electron chi connectivity index (χ2n) is 4.06. The van der Waals surface area contributed by atoms with Gasteiger partial charge in [-0.3, -0.25) is 4.79 Å². The van der Waals surface area contributed by atoms with Crippen molar-refractivity contribution in [1.82, 2.24) is 14.9 Å². The van der Waals surface area contributed by atoms with Crippen molar-refractivity contribution in [2.45, 2.75) is 33.6 Å². The number of aryl methyl sites for hydroxylation is 1. The Labute approximate surface area is 109 Å². The predicted molar refractivity (Wildman–Crippen MR) is 72.4 cm³/mol. The second-order valence-corrected chi connectivity index (χ2v) is 4.06. The number of amides is 1. The third-order valence-electron chi connectivity index (χ3n) is 2.77. The molecule has 1 aromatic heterocycles.